The number of rotatable bonds is 2. The standard InChI is InChI=1S/C17H22BrNO2/c1-16(2,3)21-15(20)19-10-14-8-17(14,11-19)13-6-4-12(9-18)5-7-13/h4-7,14H,8-11H2,1-3H3/t14-,17?/m1/s1. The lowest BCUT2D eigenvalue weighted by atomic mass is 9.94. The summed E-state index contributed by atoms with van der Waals surface area (Å²) in [6.07, 6.45) is 1.02. The maximum atomic E-state index is 12.2. The quantitative estimate of drug-likeness (QED) is 0.751. The number of hydrogen-bond acceptors (Lipinski definition) is 2. The van der Waals surface area contributed by atoms with Crippen molar-refractivity contribution in [1.82, 2.24) is 4.90 Å². The zero-order valence-corrected chi connectivity index (χ0v) is 14.4. The number of carbonyl (C=O) groups excluding carboxylic acids is 1. The molecule has 1 aliphatic heterocycles. The maximum absolute atomic E-state index is 12.2. The number of halogens is 1. The van der Waals surface area contributed by atoms with E-state index in [1.54, 1.807) is 0 Å². The summed E-state index contributed by atoms with van der Waals surface area (Å²) in [6, 6.07) is 8.78. The van der Waals surface area contributed by atoms with Gasteiger partial charge in [-0.3, -0.25) is 0 Å². The third-order valence-electron chi connectivity index (χ3n) is 4.48. The Balaban J connectivity index is 1.70. The van der Waals surface area contributed by atoms with Gasteiger partial charge in [-0.2, -0.15) is 0 Å². The van der Waals surface area contributed by atoms with Crippen LogP contribution in [-0.2, 0) is 15.5 Å². The monoisotopic (exact) mass is 351 g/mol. The summed E-state index contributed by atoms with van der Waals surface area (Å²) < 4.78 is 5.49. The van der Waals surface area contributed by atoms with Crippen LogP contribution in [0.3, 0.4) is 0 Å². The van der Waals surface area contributed by atoms with Crippen LogP contribution in [0.1, 0.15) is 38.3 Å². The minimum absolute atomic E-state index is 0.175. The van der Waals surface area contributed by atoms with Crippen LogP contribution in [0.25, 0.3) is 0 Å². The molecule has 1 saturated heterocycles. The van der Waals surface area contributed by atoms with E-state index < -0.39 is 5.60 Å². The van der Waals surface area contributed by atoms with E-state index in [0.717, 1.165) is 18.4 Å². The number of alkyl halides is 1. The van der Waals surface area contributed by atoms with Crippen molar-refractivity contribution in [3.63, 3.8) is 0 Å². The number of likely N-dealkylation sites (tertiary alicyclic amines) is 1. The number of benzene rings is 1. The molecule has 2 aliphatic rings. The highest BCUT2D eigenvalue weighted by atomic mass is 79.9. The smallest absolute Gasteiger partial charge is 0.410 e. The molecule has 1 unspecified atom stereocenters. The summed E-state index contributed by atoms with van der Waals surface area (Å²) in [5.41, 5.74) is 2.41. The molecule has 114 valence electrons. The summed E-state index contributed by atoms with van der Waals surface area (Å²) in [5, 5.41) is 0.883. The first-order valence-electron chi connectivity index (χ1n) is 7.47. The molecule has 0 radical (unpaired) electrons. The molecule has 1 aromatic rings. The van der Waals surface area contributed by atoms with E-state index in [0.29, 0.717) is 5.92 Å². The number of nitrogens with zero attached hydrogens (tertiary/aromatic N) is 1. The van der Waals surface area contributed by atoms with Gasteiger partial charge in [0.25, 0.3) is 0 Å². The molecule has 1 aliphatic carbocycles. The van der Waals surface area contributed by atoms with Crippen molar-refractivity contribution in [2.45, 2.75) is 43.5 Å². The SMILES string of the molecule is CC(C)(C)OC(=O)N1C[C@H]2CC2(c2ccc(CBr)cc2)C1. The van der Waals surface area contributed by atoms with Crippen molar-refractivity contribution in [3.8, 4) is 0 Å². The number of fused-ring (bicyclic) bond motifs is 1. The first-order chi connectivity index (χ1) is 9.84. The molecule has 21 heavy (non-hydrogen) atoms. The molecule has 0 aromatic heterocycles. The van der Waals surface area contributed by atoms with Gasteiger partial charge in [-0.25, -0.2) is 4.79 Å². The van der Waals surface area contributed by atoms with E-state index in [1.807, 2.05) is 25.7 Å². The molecule has 2 atom stereocenters. The predicted octanol–water partition coefficient (Wildman–Crippen LogP) is 4.09. The lowest BCUT2D eigenvalue weighted by molar-refractivity contribution is 0.0270. The lowest BCUT2D eigenvalue weighted by Gasteiger charge is -2.26. The predicted molar refractivity (Wildman–Crippen MR) is 86.7 cm³/mol. The minimum atomic E-state index is -0.422. The van der Waals surface area contributed by atoms with Crippen LogP contribution in [0.4, 0.5) is 4.79 Å². The molecule has 3 rings (SSSR count). The molecule has 0 bridgehead atoms. The third kappa shape index (κ3) is 2.83. The van der Waals surface area contributed by atoms with E-state index in [1.165, 1.54) is 17.5 Å². The maximum Gasteiger partial charge on any atom is 0.410 e. The number of hydrogen-bond donors (Lipinski definition) is 0. The summed E-state index contributed by atoms with van der Waals surface area (Å²) in [5.74, 6) is 0.597. The van der Waals surface area contributed by atoms with Gasteiger partial charge < -0.3 is 9.64 Å². The first-order valence-corrected chi connectivity index (χ1v) is 8.59. The van der Waals surface area contributed by atoms with Gasteiger partial charge in [0.2, 0.25) is 0 Å². The minimum Gasteiger partial charge on any atom is -0.444 e. The molecular formula is C17H22BrNO2. The van der Waals surface area contributed by atoms with Gasteiger partial charge >= 0.3 is 6.09 Å². The molecule has 4 heteroatoms. The average molecular weight is 352 g/mol. The number of piperidine rings is 1. The number of amides is 1. The Morgan fingerprint density at radius 3 is 2.62 bits per heavy atom. The Labute approximate surface area is 134 Å². The summed E-state index contributed by atoms with van der Waals surface area (Å²) in [4.78, 5) is 14.1. The van der Waals surface area contributed by atoms with Crippen LogP contribution in [0.2, 0.25) is 0 Å². The van der Waals surface area contributed by atoms with E-state index in [4.69, 9.17) is 4.74 Å². The van der Waals surface area contributed by atoms with Crippen LogP contribution in [0, 0.1) is 5.92 Å². The lowest BCUT2D eigenvalue weighted by Crippen LogP contribution is -2.37. The summed E-state index contributed by atoms with van der Waals surface area (Å²) >= 11 is 3.48. The van der Waals surface area contributed by atoms with E-state index in [2.05, 4.69) is 40.2 Å². The van der Waals surface area contributed by atoms with Gasteiger partial charge in [0.05, 0.1) is 0 Å². The average Bonchev–Trinajstić information content (AvgIpc) is 2.99. The van der Waals surface area contributed by atoms with Crippen LogP contribution in [-0.4, -0.2) is 29.7 Å². The van der Waals surface area contributed by atoms with Crippen molar-refractivity contribution in [2.24, 2.45) is 5.92 Å². The number of ether oxygens (including phenoxy) is 1. The Bertz CT molecular complexity index is 549. The zero-order valence-electron chi connectivity index (χ0n) is 12.9. The largest absolute Gasteiger partial charge is 0.444 e. The summed E-state index contributed by atoms with van der Waals surface area (Å²) in [7, 11) is 0. The van der Waals surface area contributed by atoms with Gasteiger partial charge in [-0.1, -0.05) is 40.2 Å². The van der Waals surface area contributed by atoms with Crippen LogP contribution < -0.4 is 0 Å². The molecule has 1 saturated carbocycles. The second kappa shape index (κ2) is 5.01. The molecule has 1 amide bonds. The third-order valence-corrected chi connectivity index (χ3v) is 5.13. The van der Waals surface area contributed by atoms with Gasteiger partial charge in [-0.15, -0.1) is 0 Å². The van der Waals surface area contributed by atoms with Gasteiger partial charge in [0, 0.05) is 23.8 Å². The van der Waals surface area contributed by atoms with Gasteiger partial charge in [0.1, 0.15) is 5.60 Å². The molecule has 0 N–H and O–H groups in total. The van der Waals surface area contributed by atoms with Crippen molar-refractivity contribution in [2.75, 3.05) is 13.1 Å². The van der Waals surface area contributed by atoms with Crippen LogP contribution in [0.15, 0.2) is 24.3 Å². The molecule has 1 aromatic carbocycles. The fourth-order valence-electron chi connectivity index (χ4n) is 3.32. The molecule has 3 nitrogen and oxygen atoms in total. The van der Waals surface area contributed by atoms with Crippen molar-refractivity contribution < 1.29 is 9.53 Å². The Morgan fingerprint density at radius 2 is 2.05 bits per heavy atom. The highest BCUT2D eigenvalue weighted by Crippen LogP contribution is 2.59. The topological polar surface area (TPSA) is 29.5 Å². The van der Waals surface area contributed by atoms with E-state index in [9.17, 15) is 4.79 Å². The second-order valence-electron chi connectivity index (χ2n) is 7.25. The van der Waals surface area contributed by atoms with Crippen molar-refractivity contribution >= 4 is 22.0 Å². The highest BCUT2D eigenvalue weighted by molar-refractivity contribution is 9.08. The normalized spacial score (nSPS) is 27.4. The first kappa shape index (κ1) is 14.9. The Kier molecular flexibility index (Phi) is 3.55. The van der Waals surface area contributed by atoms with E-state index >= 15 is 0 Å². The molecule has 0 spiro atoms. The zero-order chi connectivity index (χ0) is 15.3. The van der Waals surface area contributed by atoms with Gasteiger partial charge in [0.15, 0.2) is 0 Å². The molecular weight excluding hydrogens is 330 g/mol. The Hall–Kier alpha value is -1.03. The molecule has 2 fully saturated rings. The number of carbonyl (C=O) groups is 1. The van der Waals surface area contributed by atoms with Gasteiger partial charge in [-0.05, 0) is 44.2 Å². The second-order valence-corrected chi connectivity index (χ2v) is 7.81. The van der Waals surface area contributed by atoms with Crippen molar-refractivity contribution in [1.29, 1.82) is 0 Å². The fraction of sp³-hybridized carbons (Fsp3) is 0.588. The van der Waals surface area contributed by atoms with Crippen molar-refractivity contribution in [3.05, 3.63) is 35.4 Å². The summed E-state index contributed by atoms with van der Waals surface area (Å²) in [6.45, 7) is 7.36. The Morgan fingerprint density at radius 1 is 1.38 bits per heavy atom. The molecule has 1 heterocycles. The van der Waals surface area contributed by atoms with Crippen LogP contribution >= 0.6 is 15.9 Å². The van der Waals surface area contributed by atoms with Crippen LogP contribution in [0.5, 0.6) is 0 Å². The highest BCUT2D eigenvalue weighted by Gasteiger charge is 2.62. The fourth-order valence-corrected chi connectivity index (χ4v) is 3.69. The van der Waals surface area contributed by atoms with E-state index in [-0.39, 0.29) is 11.5 Å².